The largest absolute Gasteiger partial charge is 0.377 e. The smallest absolute Gasteiger partial charge is 0.0684 e. The van der Waals surface area contributed by atoms with Crippen LogP contribution in [0.25, 0.3) is 0 Å². The molecule has 1 saturated carbocycles. The van der Waals surface area contributed by atoms with E-state index in [1.54, 1.807) is 0 Å². The van der Waals surface area contributed by atoms with Crippen molar-refractivity contribution in [2.24, 2.45) is 18.4 Å². The maximum atomic E-state index is 5.92. The molecule has 2 heterocycles. The number of nitrogens with one attached hydrogen (secondary N) is 1. The van der Waals surface area contributed by atoms with Gasteiger partial charge in [-0.15, -0.1) is 0 Å². The zero-order valence-electron chi connectivity index (χ0n) is 11.5. The van der Waals surface area contributed by atoms with Gasteiger partial charge in [-0.2, -0.15) is 5.10 Å². The van der Waals surface area contributed by atoms with Crippen molar-refractivity contribution in [1.82, 2.24) is 15.1 Å². The van der Waals surface area contributed by atoms with Crippen LogP contribution >= 0.6 is 0 Å². The predicted molar refractivity (Wildman–Crippen MR) is 70.1 cm³/mol. The Morgan fingerprint density at radius 1 is 1.56 bits per heavy atom. The molecule has 4 nitrogen and oxygen atoms in total. The standard InChI is InChI=1S/C14H23N3O/c1-14(2)12(11-5-4-6-18-13(11)14)15-7-10-8-16-17(3)9-10/h8-9,11-13,15H,4-7H2,1-3H3. The third-order valence-corrected chi connectivity index (χ3v) is 4.62. The number of nitrogens with zero attached hydrogens (tertiary/aromatic N) is 2. The highest BCUT2D eigenvalue weighted by Gasteiger charge is 2.57. The zero-order chi connectivity index (χ0) is 12.8. The minimum atomic E-state index is 0.257. The summed E-state index contributed by atoms with van der Waals surface area (Å²) < 4.78 is 7.78. The molecule has 0 spiro atoms. The second-order valence-electron chi connectivity index (χ2n) is 6.30. The van der Waals surface area contributed by atoms with E-state index in [4.69, 9.17) is 4.74 Å². The first kappa shape index (κ1) is 12.2. The maximum Gasteiger partial charge on any atom is 0.0684 e. The van der Waals surface area contributed by atoms with Gasteiger partial charge in [0.2, 0.25) is 0 Å². The van der Waals surface area contributed by atoms with Crippen LogP contribution in [-0.4, -0.2) is 28.5 Å². The Bertz CT molecular complexity index is 426. The Kier molecular flexibility index (Phi) is 2.94. The number of hydrogen-bond donors (Lipinski definition) is 1. The highest BCUT2D eigenvalue weighted by Crippen LogP contribution is 2.51. The van der Waals surface area contributed by atoms with E-state index in [-0.39, 0.29) is 5.41 Å². The number of fused-ring (bicyclic) bond motifs is 1. The lowest BCUT2D eigenvalue weighted by Crippen LogP contribution is -2.69. The van der Waals surface area contributed by atoms with Gasteiger partial charge in [0.15, 0.2) is 0 Å². The van der Waals surface area contributed by atoms with Crippen molar-refractivity contribution in [1.29, 1.82) is 0 Å². The third-order valence-electron chi connectivity index (χ3n) is 4.62. The van der Waals surface area contributed by atoms with E-state index < -0.39 is 0 Å². The van der Waals surface area contributed by atoms with E-state index in [1.165, 1.54) is 18.4 Å². The topological polar surface area (TPSA) is 39.1 Å². The molecule has 3 unspecified atom stereocenters. The van der Waals surface area contributed by atoms with Crippen molar-refractivity contribution >= 4 is 0 Å². The molecule has 0 aromatic carbocycles. The summed E-state index contributed by atoms with van der Waals surface area (Å²) in [6, 6.07) is 0.572. The van der Waals surface area contributed by atoms with E-state index in [9.17, 15) is 0 Å². The Hall–Kier alpha value is -0.870. The Labute approximate surface area is 109 Å². The van der Waals surface area contributed by atoms with Crippen LogP contribution in [0.4, 0.5) is 0 Å². The molecule has 1 aliphatic heterocycles. The molecule has 1 saturated heterocycles. The minimum Gasteiger partial charge on any atom is -0.377 e. The Balaban J connectivity index is 1.62. The lowest BCUT2D eigenvalue weighted by molar-refractivity contribution is -0.192. The van der Waals surface area contributed by atoms with Gasteiger partial charge in [-0.05, 0) is 12.8 Å². The van der Waals surface area contributed by atoms with Gasteiger partial charge in [-0.25, -0.2) is 0 Å². The summed E-state index contributed by atoms with van der Waals surface area (Å²) in [5.74, 6) is 0.699. The summed E-state index contributed by atoms with van der Waals surface area (Å²) in [7, 11) is 1.96. The third kappa shape index (κ3) is 1.88. The van der Waals surface area contributed by atoms with Gasteiger partial charge >= 0.3 is 0 Å². The van der Waals surface area contributed by atoms with Crippen LogP contribution in [0.2, 0.25) is 0 Å². The number of ether oxygens (including phenoxy) is 1. The molecule has 3 atom stereocenters. The molecule has 0 amide bonds. The van der Waals surface area contributed by atoms with Gasteiger partial charge in [0.05, 0.1) is 12.3 Å². The highest BCUT2D eigenvalue weighted by atomic mass is 16.5. The van der Waals surface area contributed by atoms with Gasteiger partial charge in [-0.1, -0.05) is 13.8 Å². The van der Waals surface area contributed by atoms with E-state index in [0.717, 1.165) is 13.2 Å². The molecule has 1 aliphatic carbocycles. The molecule has 100 valence electrons. The summed E-state index contributed by atoms with van der Waals surface area (Å²) in [6.45, 7) is 6.49. The van der Waals surface area contributed by atoms with E-state index in [1.807, 2.05) is 17.9 Å². The van der Waals surface area contributed by atoms with Crippen LogP contribution in [0, 0.1) is 11.3 Å². The molecular formula is C14H23N3O. The fourth-order valence-corrected chi connectivity index (χ4v) is 3.73. The quantitative estimate of drug-likeness (QED) is 0.886. The number of hydrogen-bond acceptors (Lipinski definition) is 3. The van der Waals surface area contributed by atoms with Crippen LogP contribution < -0.4 is 5.32 Å². The summed E-state index contributed by atoms with van der Waals surface area (Å²) in [5, 5.41) is 7.91. The van der Waals surface area contributed by atoms with Crippen molar-refractivity contribution in [3.05, 3.63) is 18.0 Å². The molecule has 1 aromatic heterocycles. The van der Waals surface area contributed by atoms with Crippen LogP contribution in [0.1, 0.15) is 32.3 Å². The van der Waals surface area contributed by atoms with Crippen molar-refractivity contribution in [3.63, 3.8) is 0 Å². The lowest BCUT2D eigenvalue weighted by atomic mass is 9.55. The van der Waals surface area contributed by atoms with Crippen LogP contribution in [-0.2, 0) is 18.3 Å². The van der Waals surface area contributed by atoms with E-state index in [0.29, 0.717) is 18.1 Å². The molecule has 1 aromatic rings. The second kappa shape index (κ2) is 4.35. The molecule has 0 bridgehead atoms. The molecule has 0 radical (unpaired) electrons. The first-order chi connectivity index (χ1) is 8.59. The summed E-state index contributed by atoms with van der Waals surface area (Å²) in [5.41, 5.74) is 1.52. The minimum absolute atomic E-state index is 0.257. The van der Waals surface area contributed by atoms with Crippen LogP contribution in [0.15, 0.2) is 12.4 Å². The molecule has 18 heavy (non-hydrogen) atoms. The van der Waals surface area contributed by atoms with Gasteiger partial charge in [0, 0.05) is 49.3 Å². The van der Waals surface area contributed by atoms with E-state index in [2.05, 4.69) is 30.5 Å². The van der Waals surface area contributed by atoms with Crippen LogP contribution in [0.3, 0.4) is 0 Å². The van der Waals surface area contributed by atoms with Gasteiger partial charge < -0.3 is 10.1 Å². The molecule has 4 heteroatoms. The number of rotatable bonds is 3. The van der Waals surface area contributed by atoms with Crippen molar-refractivity contribution in [2.75, 3.05) is 6.61 Å². The fraction of sp³-hybridized carbons (Fsp3) is 0.786. The Morgan fingerprint density at radius 3 is 3.11 bits per heavy atom. The lowest BCUT2D eigenvalue weighted by Gasteiger charge is -2.60. The van der Waals surface area contributed by atoms with Gasteiger partial charge in [0.25, 0.3) is 0 Å². The first-order valence-corrected chi connectivity index (χ1v) is 6.91. The van der Waals surface area contributed by atoms with Crippen molar-refractivity contribution in [3.8, 4) is 0 Å². The molecule has 2 aliphatic rings. The predicted octanol–water partition coefficient (Wildman–Crippen LogP) is 1.71. The maximum absolute atomic E-state index is 5.92. The number of aryl methyl sites for hydroxylation is 1. The summed E-state index contributed by atoms with van der Waals surface area (Å²) >= 11 is 0. The second-order valence-corrected chi connectivity index (χ2v) is 6.30. The molecule has 2 fully saturated rings. The van der Waals surface area contributed by atoms with Gasteiger partial charge in [-0.3, -0.25) is 4.68 Å². The first-order valence-electron chi connectivity index (χ1n) is 6.91. The average Bonchev–Trinajstić information content (AvgIpc) is 2.75. The van der Waals surface area contributed by atoms with Gasteiger partial charge in [0.1, 0.15) is 0 Å². The zero-order valence-corrected chi connectivity index (χ0v) is 11.5. The SMILES string of the molecule is Cn1cc(CNC2C3CCCOC3C2(C)C)cn1. The molecule has 1 N–H and O–H groups in total. The van der Waals surface area contributed by atoms with E-state index >= 15 is 0 Å². The van der Waals surface area contributed by atoms with Crippen molar-refractivity contribution in [2.45, 2.75) is 45.4 Å². The Morgan fingerprint density at radius 2 is 2.39 bits per heavy atom. The molecular weight excluding hydrogens is 226 g/mol. The summed E-state index contributed by atoms with van der Waals surface area (Å²) in [6.07, 6.45) is 6.99. The van der Waals surface area contributed by atoms with Crippen molar-refractivity contribution < 1.29 is 4.74 Å². The van der Waals surface area contributed by atoms with Crippen LogP contribution in [0.5, 0.6) is 0 Å². The molecule has 3 rings (SSSR count). The monoisotopic (exact) mass is 249 g/mol. The highest BCUT2D eigenvalue weighted by molar-refractivity contribution is 5.12. The normalized spacial score (nSPS) is 33.8. The fourth-order valence-electron chi connectivity index (χ4n) is 3.73. The average molecular weight is 249 g/mol. The number of aromatic nitrogens is 2. The summed E-state index contributed by atoms with van der Waals surface area (Å²) in [4.78, 5) is 0.